The summed E-state index contributed by atoms with van der Waals surface area (Å²) in [5, 5.41) is 5.18. The smallest absolute Gasteiger partial charge is 0.205 e. The quantitative estimate of drug-likeness (QED) is 0.339. The standard InChI is InChI=1S/C13H8F3N3.C11H19N3S/c1-7-17-13-9(3-2-6-19(13)18-7)8-4-5-10(14)12(16)11(8)15;1-7-5-14(6-8(2)9(7)3)11-12-10(4)13-15-11/h2-6H,1H3;7-9H,5-6H2,1-4H3. The van der Waals surface area contributed by atoms with Crippen LogP contribution in [0.1, 0.15) is 32.4 Å². The molecule has 4 aromatic rings. The van der Waals surface area contributed by atoms with E-state index in [4.69, 9.17) is 0 Å². The second-order valence-corrected chi connectivity index (χ2v) is 9.65. The molecule has 2 unspecified atom stereocenters. The summed E-state index contributed by atoms with van der Waals surface area (Å²) in [6, 6.07) is 5.30. The minimum atomic E-state index is -1.49. The molecule has 0 spiro atoms. The molecule has 1 fully saturated rings. The molecule has 180 valence electrons. The van der Waals surface area contributed by atoms with E-state index in [-0.39, 0.29) is 5.56 Å². The van der Waals surface area contributed by atoms with Gasteiger partial charge in [-0.1, -0.05) is 20.8 Å². The van der Waals surface area contributed by atoms with Gasteiger partial charge in [-0.15, -0.1) is 0 Å². The van der Waals surface area contributed by atoms with Crippen molar-refractivity contribution in [2.75, 3.05) is 18.0 Å². The lowest BCUT2D eigenvalue weighted by Crippen LogP contribution is -2.43. The van der Waals surface area contributed by atoms with Crippen LogP contribution in [0.2, 0.25) is 0 Å². The molecule has 6 nitrogen and oxygen atoms in total. The third-order valence-electron chi connectivity index (χ3n) is 6.39. The minimum Gasteiger partial charge on any atom is -0.346 e. The first-order valence-electron chi connectivity index (χ1n) is 11.2. The molecule has 1 aromatic carbocycles. The zero-order chi connectivity index (χ0) is 24.6. The van der Waals surface area contributed by atoms with E-state index in [1.54, 1.807) is 25.3 Å². The first kappa shape index (κ1) is 24.1. The zero-order valence-electron chi connectivity index (χ0n) is 19.8. The topological polar surface area (TPSA) is 59.2 Å². The van der Waals surface area contributed by atoms with Crippen LogP contribution in [0.3, 0.4) is 0 Å². The first-order chi connectivity index (χ1) is 16.2. The van der Waals surface area contributed by atoms with Crippen LogP contribution in [0.5, 0.6) is 0 Å². The van der Waals surface area contributed by atoms with E-state index in [1.165, 1.54) is 22.1 Å². The van der Waals surface area contributed by atoms with Crippen LogP contribution >= 0.6 is 11.5 Å². The minimum absolute atomic E-state index is 0.0445. The van der Waals surface area contributed by atoms with Gasteiger partial charge >= 0.3 is 0 Å². The van der Waals surface area contributed by atoms with E-state index >= 15 is 0 Å². The molecule has 0 amide bonds. The van der Waals surface area contributed by atoms with Crippen molar-refractivity contribution in [1.82, 2.24) is 24.0 Å². The Hall–Kier alpha value is -3.01. The van der Waals surface area contributed by atoms with Crippen LogP contribution in [-0.2, 0) is 0 Å². The SMILES string of the molecule is Cc1nc2c(-c3ccc(F)c(F)c3F)cccn2n1.Cc1nsc(N2CC(C)C(C)C(C)C2)n1. The number of hydrogen-bond acceptors (Lipinski definition) is 6. The number of anilines is 1. The number of piperidine rings is 1. The Balaban J connectivity index is 0.000000166. The molecule has 3 aromatic heterocycles. The monoisotopic (exact) mass is 488 g/mol. The van der Waals surface area contributed by atoms with E-state index in [1.807, 2.05) is 6.92 Å². The van der Waals surface area contributed by atoms with Crippen molar-refractivity contribution in [1.29, 1.82) is 0 Å². The third-order valence-corrected chi connectivity index (χ3v) is 7.26. The Labute approximate surface area is 200 Å². The van der Waals surface area contributed by atoms with Crippen molar-refractivity contribution < 1.29 is 13.2 Å². The maximum absolute atomic E-state index is 13.8. The lowest BCUT2D eigenvalue weighted by atomic mass is 9.81. The highest BCUT2D eigenvalue weighted by molar-refractivity contribution is 7.09. The molecule has 2 atom stereocenters. The summed E-state index contributed by atoms with van der Waals surface area (Å²) in [4.78, 5) is 11.0. The van der Waals surface area contributed by atoms with Crippen molar-refractivity contribution >= 4 is 22.3 Å². The summed E-state index contributed by atoms with van der Waals surface area (Å²) in [5.74, 6) is -0.217. The van der Waals surface area contributed by atoms with Gasteiger partial charge in [0.2, 0.25) is 5.13 Å². The van der Waals surface area contributed by atoms with E-state index in [9.17, 15) is 13.2 Å². The lowest BCUT2D eigenvalue weighted by Gasteiger charge is -2.39. The molecule has 5 rings (SSSR count). The fourth-order valence-electron chi connectivity index (χ4n) is 4.19. The molecule has 34 heavy (non-hydrogen) atoms. The Morgan fingerprint density at radius 3 is 2.24 bits per heavy atom. The van der Waals surface area contributed by atoms with E-state index < -0.39 is 17.5 Å². The fraction of sp³-hybridized carbons (Fsp3) is 0.417. The highest BCUT2D eigenvalue weighted by atomic mass is 32.1. The second kappa shape index (κ2) is 9.69. The average Bonchev–Trinajstić information content (AvgIpc) is 3.41. The third kappa shape index (κ3) is 4.77. The molecular formula is C24H27F3N6S. The Morgan fingerprint density at radius 2 is 1.59 bits per heavy atom. The van der Waals surface area contributed by atoms with Crippen LogP contribution in [0.15, 0.2) is 30.5 Å². The van der Waals surface area contributed by atoms with Gasteiger partial charge in [0.25, 0.3) is 0 Å². The fourth-order valence-corrected chi connectivity index (χ4v) is 4.88. The predicted molar refractivity (Wildman–Crippen MR) is 127 cm³/mol. The first-order valence-corrected chi connectivity index (χ1v) is 11.9. The number of aryl methyl sites for hydroxylation is 2. The molecule has 0 N–H and O–H groups in total. The number of rotatable bonds is 2. The van der Waals surface area contributed by atoms with E-state index in [0.29, 0.717) is 17.0 Å². The summed E-state index contributed by atoms with van der Waals surface area (Å²) < 4.78 is 45.8. The second-order valence-electron chi connectivity index (χ2n) is 8.91. The zero-order valence-corrected chi connectivity index (χ0v) is 20.6. The number of hydrogen-bond donors (Lipinski definition) is 0. The van der Waals surface area contributed by atoms with Gasteiger partial charge < -0.3 is 4.90 Å². The number of fused-ring (bicyclic) bond motifs is 1. The molecule has 0 saturated carbocycles. The highest BCUT2D eigenvalue weighted by Crippen LogP contribution is 2.31. The molecule has 1 saturated heterocycles. The van der Waals surface area contributed by atoms with Gasteiger partial charge in [0.05, 0.1) is 0 Å². The Morgan fingerprint density at radius 1 is 0.882 bits per heavy atom. The molecule has 1 aliphatic heterocycles. The maximum Gasteiger partial charge on any atom is 0.205 e. The van der Waals surface area contributed by atoms with Crippen molar-refractivity contribution in [2.45, 2.75) is 34.6 Å². The lowest BCUT2D eigenvalue weighted by molar-refractivity contribution is 0.240. The van der Waals surface area contributed by atoms with Crippen LogP contribution in [-0.4, -0.2) is 37.0 Å². The average molecular weight is 489 g/mol. The number of pyridine rings is 1. The Kier molecular flexibility index (Phi) is 6.88. The summed E-state index contributed by atoms with van der Waals surface area (Å²) in [6.45, 7) is 12.9. The van der Waals surface area contributed by atoms with Crippen LogP contribution < -0.4 is 4.90 Å². The molecule has 1 aliphatic rings. The Bertz CT molecular complexity index is 1290. The van der Waals surface area contributed by atoms with Crippen LogP contribution in [0, 0.1) is 49.1 Å². The summed E-state index contributed by atoms with van der Waals surface area (Å²) >= 11 is 1.53. The largest absolute Gasteiger partial charge is 0.346 e. The van der Waals surface area contributed by atoms with Gasteiger partial charge in [-0.2, -0.15) is 9.47 Å². The summed E-state index contributed by atoms with van der Waals surface area (Å²) in [5.41, 5.74) is 0.710. The molecular weight excluding hydrogens is 461 g/mol. The van der Waals surface area contributed by atoms with Crippen molar-refractivity contribution in [2.24, 2.45) is 17.8 Å². The molecule has 4 heterocycles. The van der Waals surface area contributed by atoms with Crippen molar-refractivity contribution in [3.63, 3.8) is 0 Å². The maximum atomic E-state index is 13.8. The van der Waals surface area contributed by atoms with E-state index in [0.717, 1.165) is 47.9 Å². The summed E-state index contributed by atoms with van der Waals surface area (Å²) in [7, 11) is 0. The molecule has 0 aliphatic carbocycles. The van der Waals surface area contributed by atoms with Gasteiger partial charge in [-0.25, -0.2) is 27.7 Å². The number of nitrogens with zero attached hydrogens (tertiary/aromatic N) is 6. The predicted octanol–water partition coefficient (Wildman–Crippen LogP) is 5.70. The molecule has 10 heteroatoms. The highest BCUT2D eigenvalue weighted by Gasteiger charge is 2.30. The number of aromatic nitrogens is 5. The van der Waals surface area contributed by atoms with Crippen LogP contribution in [0.4, 0.5) is 18.3 Å². The van der Waals surface area contributed by atoms with Crippen LogP contribution in [0.25, 0.3) is 16.8 Å². The molecule has 0 radical (unpaired) electrons. The van der Waals surface area contributed by atoms with Gasteiger partial charge in [-0.3, -0.25) is 0 Å². The van der Waals surface area contributed by atoms with Crippen molar-refractivity contribution in [3.05, 3.63) is 59.6 Å². The van der Waals surface area contributed by atoms with Gasteiger partial charge in [-0.05, 0) is 55.9 Å². The van der Waals surface area contributed by atoms with Gasteiger partial charge in [0.15, 0.2) is 23.1 Å². The number of benzene rings is 1. The van der Waals surface area contributed by atoms with Gasteiger partial charge in [0, 0.05) is 41.9 Å². The number of halogens is 3. The molecule has 0 bridgehead atoms. The van der Waals surface area contributed by atoms with Gasteiger partial charge in [0.1, 0.15) is 11.6 Å². The van der Waals surface area contributed by atoms with E-state index in [2.05, 4.69) is 45.1 Å². The summed E-state index contributed by atoms with van der Waals surface area (Å²) in [6.07, 6.45) is 1.65. The van der Waals surface area contributed by atoms with Crippen molar-refractivity contribution in [3.8, 4) is 11.1 Å². The normalized spacial score (nSPS) is 20.4.